The van der Waals surface area contributed by atoms with Gasteiger partial charge in [0.15, 0.2) is 0 Å². The highest BCUT2D eigenvalue weighted by Crippen LogP contribution is 2.57. The van der Waals surface area contributed by atoms with Crippen molar-refractivity contribution in [3.05, 3.63) is 30.1 Å². The molecule has 0 aromatic heterocycles. The molecule has 3 amide bonds. The van der Waals surface area contributed by atoms with Gasteiger partial charge in [0.1, 0.15) is 5.82 Å². The number of nitrogens with zero attached hydrogens (tertiary/aromatic N) is 3. The molecule has 1 N–H and O–H groups in total. The molecule has 164 valence electrons. The molecule has 4 rings (SSSR count). The maximum absolute atomic E-state index is 13.4. The fraction of sp³-hybridized carbons (Fsp3) is 0.652. The Labute approximate surface area is 178 Å². The van der Waals surface area contributed by atoms with Crippen molar-refractivity contribution in [3.63, 3.8) is 0 Å². The van der Waals surface area contributed by atoms with Gasteiger partial charge in [-0.3, -0.25) is 4.79 Å². The average Bonchev–Trinajstić information content (AvgIpc) is 3.14. The second kappa shape index (κ2) is 7.84. The molecule has 1 atom stereocenters. The van der Waals surface area contributed by atoms with Gasteiger partial charge in [-0.1, -0.05) is 19.9 Å². The topological polar surface area (TPSA) is 55.9 Å². The van der Waals surface area contributed by atoms with E-state index in [1.54, 1.807) is 17.0 Å². The molecule has 7 heteroatoms. The molecule has 30 heavy (non-hydrogen) atoms. The van der Waals surface area contributed by atoms with Crippen molar-refractivity contribution in [2.24, 2.45) is 16.7 Å². The second-order valence-corrected chi connectivity index (χ2v) is 9.83. The molecule has 1 aromatic rings. The lowest BCUT2D eigenvalue weighted by Gasteiger charge is -2.46. The standard InChI is InChI=1S/C23H33FN4O2/c1-17(2)14-27-15-22(23(16-27)9-10-26(3)20(23)29)7-11-28(12-8-22)21(30)25-19-6-4-5-18(24)13-19/h4-6,13,17H,7-12,14-16H2,1-3H3,(H,25,30)/t23-/m1/s1. The third kappa shape index (κ3) is 3.57. The zero-order chi connectivity index (χ0) is 21.5. The lowest BCUT2D eigenvalue weighted by Crippen LogP contribution is -2.54. The molecule has 3 aliphatic rings. The van der Waals surface area contributed by atoms with Gasteiger partial charge in [0, 0.05) is 57.4 Å². The number of hydrogen-bond donors (Lipinski definition) is 1. The molecule has 3 saturated heterocycles. The van der Waals surface area contributed by atoms with Crippen LogP contribution in [0, 0.1) is 22.6 Å². The van der Waals surface area contributed by atoms with Gasteiger partial charge in [-0.05, 0) is 43.4 Å². The minimum Gasteiger partial charge on any atom is -0.345 e. The number of piperidine rings is 1. The smallest absolute Gasteiger partial charge is 0.321 e. The van der Waals surface area contributed by atoms with Gasteiger partial charge in [-0.15, -0.1) is 0 Å². The van der Waals surface area contributed by atoms with Crippen molar-refractivity contribution >= 4 is 17.6 Å². The van der Waals surface area contributed by atoms with Crippen molar-refractivity contribution in [2.45, 2.75) is 33.1 Å². The maximum Gasteiger partial charge on any atom is 0.321 e. The third-order valence-electron chi connectivity index (χ3n) is 7.37. The molecule has 6 nitrogen and oxygen atoms in total. The van der Waals surface area contributed by atoms with E-state index in [9.17, 15) is 14.0 Å². The van der Waals surface area contributed by atoms with Gasteiger partial charge < -0.3 is 20.0 Å². The van der Waals surface area contributed by atoms with E-state index in [2.05, 4.69) is 24.1 Å². The lowest BCUT2D eigenvalue weighted by molar-refractivity contribution is -0.141. The van der Waals surface area contributed by atoms with Crippen LogP contribution in [0.15, 0.2) is 24.3 Å². The molecule has 0 aliphatic carbocycles. The minimum atomic E-state index is -0.368. The largest absolute Gasteiger partial charge is 0.345 e. The van der Waals surface area contributed by atoms with E-state index in [0.29, 0.717) is 24.7 Å². The van der Waals surface area contributed by atoms with Crippen LogP contribution < -0.4 is 5.32 Å². The first-order valence-corrected chi connectivity index (χ1v) is 11.0. The fourth-order valence-corrected chi connectivity index (χ4v) is 5.94. The molecular weight excluding hydrogens is 383 g/mol. The predicted molar refractivity (Wildman–Crippen MR) is 115 cm³/mol. The SMILES string of the molecule is CC(C)CN1CC2(CCN(C(=O)Nc3cccc(F)c3)CC2)[C@]2(CCN(C)C2=O)C1. The number of fused-ring (bicyclic) bond motifs is 1. The van der Waals surface area contributed by atoms with Gasteiger partial charge in [-0.2, -0.15) is 0 Å². The van der Waals surface area contributed by atoms with E-state index in [4.69, 9.17) is 0 Å². The highest BCUT2D eigenvalue weighted by atomic mass is 19.1. The van der Waals surface area contributed by atoms with E-state index in [0.717, 1.165) is 45.4 Å². The number of urea groups is 1. The predicted octanol–water partition coefficient (Wildman–Crippen LogP) is 3.26. The first-order chi connectivity index (χ1) is 14.2. The number of nitrogens with one attached hydrogen (secondary N) is 1. The summed E-state index contributed by atoms with van der Waals surface area (Å²) in [7, 11) is 1.91. The van der Waals surface area contributed by atoms with E-state index in [-0.39, 0.29) is 28.6 Å². The first-order valence-electron chi connectivity index (χ1n) is 11.0. The zero-order valence-corrected chi connectivity index (χ0v) is 18.3. The quantitative estimate of drug-likeness (QED) is 0.823. The summed E-state index contributed by atoms with van der Waals surface area (Å²) in [6, 6.07) is 5.76. The fourth-order valence-electron chi connectivity index (χ4n) is 5.94. The molecule has 3 heterocycles. The monoisotopic (exact) mass is 416 g/mol. The molecule has 2 spiro atoms. The molecule has 0 radical (unpaired) electrons. The van der Waals surface area contributed by atoms with Crippen molar-refractivity contribution < 1.29 is 14.0 Å². The van der Waals surface area contributed by atoms with Crippen molar-refractivity contribution in [3.8, 4) is 0 Å². The van der Waals surface area contributed by atoms with Gasteiger partial charge in [0.05, 0.1) is 5.41 Å². The molecule has 0 unspecified atom stereocenters. The van der Waals surface area contributed by atoms with E-state index in [1.807, 2.05) is 11.9 Å². The number of carbonyl (C=O) groups excluding carboxylic acids is 2. The van der Waals surface area contributed by atoms with Crippen molar-refractivity contribution in [1.29, 1.82) is 0 Å². The van der Waals surface area contributed by atoms with Crippen LogP contribution in [0.25, 0.3) is 0 Å². The summed E-state index contributed by atoms with van der Waals surface area (Å²) in [5, 5.41) is 2.80. The summed E-state index contributed by atoms with van der Waals surface area (Å²) >= 11 is 0. The average molecular weight is 417 g/mol. The Hall–Kier alpha value is -2.15. The molecule has 1 aromatic carbocycles. The zero-order valence-electron chi connectivity index (χ0n) is 18.3. The lowest BCUT2D eigenvalue weighted by atomic mass is 9.60. The Morgan fingerprint density at radius 3 is 2.50 bits per heavy atom. The van der Waals surface area contributed by atoms with Crippen LogP contribution in [0.5, 0.6) is 0 Å². The number of carbonyl (C=O) groups is 2. The summed E-state index contributed by atoms with van der Waals surface area (Å²) in [5.74, 6) is 0.474. The normalized spacial score (nSPS) is 26.4. The van der Waals surface area contributed by atoms with Crippen LogP contribution in [-0.4, -0.2) is 73.0 Å². The number of benzene rings is 1. The second-order valence-electron chi connectivity index (χ2n) is 9.83. The summed E-state index contributed by atoms with van der Waals surface area (Å²) < 4.78 is 13.4. The number of rotatable bonds is 3. The minimum absolute atomic E-state index is 0.0701. The Morgan fingerprint density at radius 1 is 1.17 bits per heavy atom. The molecular formula is C23H33FN4O2. The Kier molecular flexibility index (Phi) is 5.51. The molecule has 3 fully saturated rings. The van der Waals surface area contributed by atoms with Gasteiger partial charge in [0.2, 0.25) is 5.91 Å². The molecule has 0 bridgehead atoms. The van der Waals surface area contributed by atoms with E-state index >= 15 is 0 Å². The van der Waals surface area contributed by atoms with Gasteiger partial charge in [0.25, 0.3) is 0 Å². The van der Waals surface area contributed by atoms with E-state index < -0.39 is 0 Å². The van der Waals surface area contributed by atoms with Crippen molar-refractivity contribution in [1.82, 2.24) is 14.7 Å². The Balaban J connectivity index is 1.48. The summed E-state index contributed by atoms with van der Waals surface area (Å²) in [6.07, 6.45) is 2.57. The number of halogens is 1. The Morgan fingerprint density at radius 2 is 1.90 bits per heavy atom. The van der Waals surface area contributed by atoms with Crippen molar-refractivity contribution in [2.75, 3.05) is 51.6 Å². The van der Waals surface area contributed by atoms with Gasteiger partial charge >= 0.3 is 6.03 Å². The van der Waals surface area contributed by atoms with Gasteiger partial charge in [-0.25, -0.2) is 9.18 Å². The number of likely N-dealkylation sites (tertiary alicyclic amines) is 3. The number of hydrogen-bond acceptors (Lipinski definition) is 3. The van der Waals surface area contributed by atoms with Crippen LogP contribution in [0.1, 0.15) is 33.1 Å². The first kappa shape index (κ1) is 21.1. The highest BCUT2D eigenvalue weighted by molar-refractivity contribution is 5.89. The number of amides is 3. The summed E-state index contributed by atoms with van der Waals surface area (Å²) in [6.45, 7) is 9.28. The Bertz CT molecular complexity index is 821. The summed E-state index contributed by atoms with van der Waals surface area (Å²) in [4.78, 5) is 32.2. The van der Waals surface area contributed by atoms with Crippen LogP contribution in [-0.2, 0) is 4.79 Å². The third-order valence-corrected chi connectivity index (χ3v) is 7.37. The molecule has 0 saturated carbocycles. The van der Waals surface area contributed by atoms with E-state index in [1.165, 1.54) is 12.1 Å². The van der Waals surface area contributed by atoms with Crippen LogP contribution in [0.3, 0.4) is 0 Å². The van der Waals surface area contributed by atoms with Crippen LogP contribution in [0.4, 0.5) is 14.9 Å². The molecule has 3 aliphatic heterocycles. The highest BCUT2D eigenvalue weighted by Gasteiger charge is 2.64. The van der Waals surface area contributed by atoms with Crippen LogP contribution >= 0.6 is 0 Å². The summed E-state index contributed by atoms with van der Waals surface area (Å²) in [5.41, 5.74) is 0.0783. The number of anilines is 1. The van der Waals surface area contributed by atoms with Crippen LogP contribution in [0.2, 0.25) is 0 Å². The maximum atomic E-state index is 13.4.